The molecule has 1 aliphatic heterocycles. The second-order valence-electron chi connectivity index (χ2n) is 4.14. The third-order valence-electron chi connectivity index (χ3n) is 2.77. The molecule has 0 N–H and O–H groups in total. The highest BCUT2D eigenvalue weighted by atomic mass is 32.2. The fraction of sp³-hybridized carbons (Fsp3) is 0.467. The van der Waals surface area contributed by atoms with E-state index in [1.54, 1.807) is 0 Å². The molecular formula is C15H23S+. The molecule has 0 nitrogen and oxygen atoms in total. The number of hydrogen-bond acceptors (Lipinski definition) is 0. The van der Waals surface area contributed by atoms with Crippen molar-refractivity contribution < 1.29 is 0 Å². The van der Waals surface area contributed by atoms with Crippen molar-refractivity contribution in [3.05, 3.63) is 48.6 Å². The maximum atomic E-state index is 4.20. The fourth-order valence-electron chi connectivity index (χ4n) is 1.83. The lowest BCUT2D eigenvalue weighted by Crippen LogP contribution is -2.11. The molecule has 0 aromatic rings. The van der Waals surface area contributed by atoms with Gasteiger partial charge in [0, 0.05) is 5.57 Å². The van der Waals surface area contributed by atoms with E-state index in [-0.39, 0.29) is 0 Å². The van der Waals surface area contributed by atoms with Gasteiger partial charge in [0.2, 0.25) is 0 Å². The van der Waals surface area contributed by atoms with Crippen LogP contribution in [0, 0.1) is 0 Å². The van der Waals surface area contributed by atoms with E-state index in [0.717, 1.165) is 6.42 Å². The summed E-state index contributed by atoms with van der Waals surface area (Å²) >= 11 is 0. The fourth-order valence-corrected chi connectivity index (χ4v) is 4.20. The van der Waals surface area contributed by atoms with Gasteiger partial charge >= 0.3 is 0 Å². The molecule has 0 spiro atoms. The SMILES string of the molecule is C=C/C(=C\C=C/CC)C(=C)C[S+]1CCCC1. The van der Waals surface area contributed by atoms with Gasteiger partial charge in [0.1, 0.15) is 17.3 Å². The van der Waals surface area contributed by atoms with Crippen LogP contribution in [-0.4, -0.2) is 17.3 Å². The molecule has 0 radical (unpaired) electrons. The van der Waals surface area contributed by atoms with Gasteiger partial charge in [-0.05, 0) is 35.7 Å². The minimum atomic E-state index is 0.601. The highest BCUT2D eigenvalue weighted by molar-refractivity contribution is 7.97. The topological polar surface area (TPSA) is 0 Å². The number of rotatable bonds is 6. The zero-order chi connectivity index (χ0) is 11.8. The van der Waals surface area contributed by atoms with Crippen LogP contribution in [0.15, 0.2) is 48.6 Å². The van der Waals surface area contributed by atoms with Crippen molar-refractivity contribution in [3.8, 4) is 0 Å². The molecule has 16 heavy (non-hydrogen) atoms. The molecule has 0 amide bonds. The normalized spacial score (nSPS) is 18.2. The van der Waals surface area contributed by atoms with Gasteiger partial charge in [-0.3, -0.25) is 0 Å². The van der Waals surface area contributed by atoms with Gasteiger partial charge in [-0.25, -0.2) is 0 Å². The molecule has 1 heterocycles. The summed E-state index contributed by atoms with van der Waals surface area (Å²) in [4.78, 5) is 0. The summed E-state index contributed by atoms with van der Waals surface area (Å²) in [6, 6.07) is 0. The molecule has 0 bridgehead atoms. The molecule has 1 fully saturated rings. The molecule has 0 aromatic carbocycles. The van der Waals surface area contributed by atoms with Gasteiger partial charge < -0.3 is 0 Å². The Morgan fingerprint density at radius 1 is 1.31 bits per heavy atom. The van der Waals surface area contributed by atoms with E-state index < -0.39 is 0 Å². The summed E-state index contributed by atoms with van der Waals surface area (Å²) < 4.78 is 0. The predicted octanol–water partition coefficient (Wildman–Crippen LogP) is 4.03. The van der Waals surface area contributed by atoms with E-state index in [4.69, 9.17) is 0 Å². The first-order valence-corrected chi connectivity index (χ1v) is 7.82. The first-order chi connectivity index (χ1) is 7.77. The van der Waals surface area contributed by atoms with Crippen molar-refractivity contribution in [1.29, 1.82) is 0 Å². The Balaban J connectivity index is 2.51. The second kappa shape index (κ2) is 7.56. The zero-order valence-electron chi connectivity index (χ0n) is 10.4. The Morgan fingerprint density at radius 3 is 2.56 bits per heavy atom. The Kier molecular flexibility index (Phi) is 6.32. The summed E-state index contributed by atoms with van der Waals surface area (Å²) in [5.74, 6) is 4.00. The maximum Gasteiger partial charge on any atom is 0.133 e. The van der Waals surface area contributed by atoms with Crippen molar-refractivity contribution in [2.75, 3.05) is 17.3 Å². The van der Waals surface area contributed by atoms with Crippen LogP contribution in [-0.2, 0) is 10.9 Å². The van der Waals surface area contributed by atoms with Gasteiger partial charge in [-0.15, -0.1) is 0 Å². The predicted molar refractivity (Wildman–Crippen MR) is 78.1 cm³/mol. The van der Waals surface area contributed by atoms with Crippen LogP contribution in [0.1, 0.15) is 26.2 Å². The molecule has 0 saturated carbocycles. The second-order valence-corrected chi connectivity index (χ2v) is 6.47. The van der Waals surface area contributed by atoms with E-state index in [1.165, 1.54) is 41.2 Å². The largest absolute Gasteiger partial charge is 0.133 e. The lowest BCUT2D eigenvalue weighted by Gasteiger charge is -2.05. The summed E-state index contributed by atoms with van der Waals surface area (Å²) in [5.41, 5.74) is 2.48. The molecule has 0 atom stereocenters. The van der Waals surface area contributed by atoms with E-state index in [9.17, 15) is 0 Å². The minimum absolute atomic E-state index is 0.601. The molecule has 88 valence electrons. The number of allylic oxidation sites excluding steroid dienone is 5. The third-order valence-corrected chi connectivity index (χ3v) is 5.26. The van der Waals surface area contributed by atoms with Crippen LogP contribution in [0.3, 0.4) is 0 Å². The highest BCUT2D eigenvalue weighted by Crippen LogP contribution is 2.19. The Morgan fingerprint density at radius 2 is 2.00 bits per heavy atom. The van der Waals surface area contributed by atoms with Crippen molar-refractivity contribution in [1.82, 2.24) is 0 Å². The zero-order valence-corrected chi connectivity index (χ0v) is 11.2. The summed E-state index contributed by atoms with van der Waals surface area (Å²) in [6.45, 7) is 10.2. The summed E-state index contributed by atoms with van der Waals surface area (Å²) in [5, 5.41) is 0. The van der Waals surface area contributed by atoms with E-state index >= 15 is 0 Å². The van der Waals surface area contributed by atoms with Gasteiger partial charge in [0.15, 0.2) is 0 Å². The molecule has 0 unspecified atom stereocenters. The molecule has 0 aliphatic carbocycles. The van der Waals surface area contributed by atoms with E-state index in [0.29, 0.717) is 10.9 Å². The van der Waals surface area contributed by atoms with Gasteiger partial charge in [-0.1, -0.05) is 44.4 Å². The Labute approximate surface area is 103 Å². The van der Waals surface area contributed by atoms with E-state index in [2.05, 4.69) is 38.3 Å². The van der Waals surface area contributed by atoms with Crippen LogP contribution in [0.25, 0.3) is 0 Å². The average Bonchev–Trinajstić information content (AvgIpc) is 2.77. The van der Waals surface area contributed by atoms with Gasteiger partial charge in [-0.2, -0.15) is 0 Å². The minimum Gasteiger partial charge on any atom is -0.0985 e. The van der Waals surface area contributed by atoms with Crippen LogP contribution < -0.4 is 0 Å². The van der Waals surface area contributed by atoms with Crippen molar-refractivity contribution in [2.45, 2.75) is 26.2 Å². The quantitative estimate of drug-likeness (QED) is 0.481. The first kappa shape index (κ1) is 13.4. The Hall–Kier alpha value is -0.690. The number of hydrogen-bond donors (Lipinski definition) is 0. The van der Waals surface area contributed by atoms with Gasteiger partial charge in [0.05, 0.1) is 0 Å². The molecular weight excluding hydrogens is 212 g/mol. The van der Waals surface area contributed by atoms with Crippen LogP contribution >= 0.6 is 0 Å². The first-order valence-electron chi connectivity index (χ1n) is 6.09. The summed E-state index contributed by atoms with van der Waals surface area (Å²) in [6.07, 6.45) is 12.3. The molecule has 1 rings (SSSR count). The maximum absolute atomic E-state index is 4.20. The molecule has 0 aromatic heterocycles. The third kappa shape index (κ3) is 4.44. The molecule has 1 aliphatic rings. The van der Waals surface area contributed by atoms with Crippen molar-refractivity contribution in [2.24, 2.45) is 0 Å². The lowest BCUT2D eigenvalue weighted by molar-refractivity contribution is 0.949. The average molecular weight is 235 g/mol. The monoisotopic (exact) mass is 235 g/mol. The summed E-state index contributed by atoms with van der Waals surface area (Å²) in [7, 11) is 0.601. The van der Waals surface area contributed by atoms with Crippen LogP contribution in [0.5, 0.6) is 0 Å². The molecule has 1 heteroatoms. The molecule has 1 saturated heterocycles. The lowest BCUT2D eigenvalue weighted by atomic mass is 10.1. The van der Waals surface area contributed by atoms with Crippen LogP contribution in [0.2, 0.25) is 0 Å². The Bertz CT molecular complexity index is 291. The smallest absolute Gasteiger partial charge is 0.0985 e. The standard InChI is InChI=1S/C15H23S/c1-4-6-7-10-15(5-2)14(3)13-16-11-8-9-12-16/h5-7,10H,2-4,8-9,11-13H2,1H3/q+1/b7-6-,15-10+. The highest BCUT2D eigenvalue weighted by Gasteiger charge is 2.24. The van der Waals surface area contributed by atoms with Crippen LogP contribution in [0.4, 0.5) is 0 Å². The van der Waals surface area contributed by atoms with Gasteiger partial charge in [0.25, 0.3) is 0 Å². The van der Waals surface area contributed by atoms with Crippen molar-refractivity contribution in [3.63, 3.8) is 0 Å². The van der Waals surface area contributed by atoms with Crippen molar-refractivity contribution >= 4 is 10.9 Å². The van der Waals surface area contributed by atoms with E-state index in [1.807, 2.05) is 6.08 Å².